The van der Waals surface area contributed by atoms with Crippen LogP contribution in [-0.2, 0) is 16.1 Å². The van der Waals surface area contributed by atoms with Gasteiger partial charge in [-0.3, -0.25) is 19.4 Å². The van der Waals surface area contributed by atoms with E-state index in [1.165, 1.54) is 10.5 Å². The average molecular weight is 320 g/mol. The second-order valence-corrected chi connectivity index (χ2v) is 6.64. The van der Waals surface area contributed by atoms with Gasteiger partial charge in [-0.15, -0.1) is 0 Å². The lowest BCUT2D eigenvalue weighted by Crippen LogP contribution is -2.34. The maximum Gasteiger partial charge on any atom is 0.234 e. The number of nitrogens with zero attached hydrogens (tertiary/aromatic N) is 2. The van der Waals surface area contributed by atoms with Crippen molar-refractivity contribution < 1.29 is 9.59 Å². The molecule has 2 amide bonds. The number of fused-ring (bicyclic) bond motifs is 1. The van der Waals surface area contributed by atoms with Crippen molar-refractivity contribution in [3.05, 3.63) is 71.8 Å². The Balaban J connectivity index is 1.71. The van der Waals surface area contributed by atoms with E-state index in [1.54, 1.807) is 7.05 Å². The van der Waals surface area contributed by atoms with E-state index >= 15 is 0 Å². The number of carbonyl (C=O) groups excluding carboxylic acids is 2. The summed E-state index contributed by atoms with van der Waals surface area (Å²) >= 11 is 0. The van der Waals surface area contributed by atoms with Gasteiger partial charge in [0.25, 0.3) is 0 Å². The van der Waals surface area contributed by atoms with Gasteiger partial charge in [-0.1, -0.05) is 60.7 Å². The van der Waals surface area contributed by atoms with Gasteiger partial charge < -0.3 is 0 Å². The quantitative estimate of drug-likeness (QED) is 0.816. The molecule has 0 aliphatic carbocycles. The highest BCUT2D eigenvalue weighted by atomic mass is 16.2. The van der Waals surface area contributed by atoms with Crippen LogP contribution in [0.4, 0.5) is 0 Å². The Morgan fingerprint density at radius 1 is 0.917 bits per heavy atom. The van der Waals surface area contributed by atoms with E-state index in [9.17, 15) is 9.59 Å². The van der Waals surface area contributed by atoms with E-state index in [0.717, 1.165) is 12.1 Å². The van der Waals surface area contributed by atoms with Crippen molar-refractivity contribution in [3.63, 3.8) is 0 Å². The molecule has 0 saturated carbocycles. The average Bonchev–Trinajstić information content (AvgIpc) is 3.08. The number of hydrogen-bond acceptors (Lipinski definition) is 3. The maximum atomic E-state index is 12.7. The van der Waals surface area contributed by atoms with Crippen molar-refractivity contribution in [1.82, 2.24) is 9.80 Å². The highest BCUT2D eigenvalue weighted by Gasteiger charge is 2.56. The van der Waals surface area contributed by atoms with Crippen LogP contribution in [0.15, 0.2) is 60.7 Å². The summed E-state index contributed by atoms with van der Waals surface area (Å²) in [7, 11) is 1.60. The van der Waals surface area contributed by atoms with Gasteiger partial charge in [0.1, 0.15) is 0 Å². The predicted molar refractivity (Wildman–Crippen MR) is 90.8 cm³/mol. The Morgan fingerprint density at radius 2 is 1.54 bits per heavy atom. The molecule has 4 rings (SSSR count). The molecule has 0 N–H and O–H groups in total. The molecule has 4 nitrogen and oxygen atoms in total. The van der Waals surface area contributed by atoms with Crippen LogP contribution in [0.25, 0.3) is 0 Å². The molecule has 122 valence electrons. The number of hydrogen-bond donors (Lipinski definition) is 0. The molecule has 0 bridgehead atoms. The minimum absolute atomic E-state index is 0.0403. The summed E-state index contributed by atoms with van der Waals surface area (Å²) in [5, 5.41) is 0. The summed E-state index contributed by atoms with van der Waals surface area (Å²) in [5.74, 6) is -0.582. The third-order valence-electron chi connectivity index (χ3n) is 5.23. The topological polar surface area (TPSA) is 40.6 Å². The first kappa shape index (κ1) is 15.1. The van der Waals surface area contributed by atoms with Crippen LogP contribution in [-0.4, -0.2) is 35.2 Å². The fourth-order valence-electron chi connectivity index (χ4n) is 4.10. The van der Waals surface area contributed by atoms with Crippen LogP contribution >= 0.6 is 0 Å². The molecule has 4 heteroatoms. The first-order valence-corrected chi connectivity index (χ1v) is 8.31. The van der Waals surface area contributed by atoms with Crippen LogP contribution in [0.1, 0.15) is 17.2 Å². The second kappa shape index (κ2) is 5.87. The molecule has 2 aromatic rings. The van der Waals surface area contributed by atoms with Gasteiger partial charge in [0.05, 0.1) is 11.8 Å². The Bertz CT molecular complexity index is 760. The molecule has 2 aliphatic heterocycles. The zero-order valence-electron chi connectivity index (χ0n) is 13.6. The van der Waals surface area contributed by atoms with Crippen molar-refractivity contribution >= 4 is 11.8 Å². The summed E-state index contributed by atoms with van der Waals surface area (Å²) < 4.78 is 0. The van der Waals surface area contributed by atoms with Crippen molar-refractivity contribution in [1.29, 1.82) is 0 Å². The van der Waals surface area contributed by atoms with E-state index in [4.69, 9.17) is 0 Å². The third-order valence-corrected chi connectivity index (χ3v) is 5.23. The lowest BCUT2D eigenvalue weighted by Gasteiger charge is -2.28. The molecular formula is C20H20N2O2. The monoisotopic (exact) mass is 320 g/mol. The van der Waals surface area contributed by atoms with Gasteiger partial charge >= 0.3 is 0 Å². The van der Waals surface area contributed by atoms with Gasteiger partial charge in [-0.05, 0) is 11.1 Å². The van der Waals surface area contributed by atoms with Gasteiger partial charge in [-0.25, -0.2) is 0 Å². The normalized spacial score (nSPS) is 26.9. The van der Waals surface area contributed by atoms with E-state index in [2.05, 4.69) is 29.2 Å². The fourth-order valence-corrected chi connectivity index (χ4v) is 4.10. The number of carbonyl (C=O) groups is 2. The molecule has 0 unspecified atom stereocenters. The SMILES string of the molecule is CN1C(=O)[C@@H]2[C@@H](c3ccccc3)N(Cc3ccccc3)C[C@H]2C1=O. The van der Waals surface area contributed by atoms with Gasteiger partial charge in [-0.2, -0.15) is 0 Å². The van der Waals surface area contributed by atoms with Gasteiger partial charge in [0.2, 0.25) is 11.8 Å². The maximum absolute atomic E-state index is 12.7. The van der Waals surface area contributed by atoms with Gasteiger partial charge in [0, 0.05) is 26.2 Å². The molecular weight excluding hydrogens is 300 g/mol. The van der Waals surface area contributed by atoms with E-state index < -0.39 is 0 Å². The summed E-state index contributed by atoms with van der Waals surface area (Å²) in [4.78, 5) is 28.7. The minimum atomic E-state index is -0.270. The number of benzene rings is 2. The molecule has 3 atom stereocenters. The van der Waals surface area contributed by atoms with Crippen molar-refractivity contribution in [2.24, 2.45) is 11.8 Å². The number of amides is 2. The fraction of sp³-hybridized carbons (Fsp3) is 0.300. The predicted octanol–water partition coefficient (Wildman–Crippen LogP) is 2.47. The van der Waals surface area contributed by atoms with Crippen molar-refractivity contribution in [2.45, 2.75) is 12.6 Å². The summed E-state index contributed by atoms with van der Waals surface area (Å²) in [6, 6.07) is 20.3. The Labute approximate surface area is 141 Å². The van der Waals surface area contributed by atoms with Crippen LogP contribution in [0.3, 0.4) is 0 Å². The molecule has 0 radical (unpaired) electrons. The smallest absolute Gasteiger partial charge is 0.234 e. The minimum Gasteiger partial charge on any atom is -0.290 e. The molecule has 0 spiro atoms. The summed E-state index contributed by atoms with van der Waals surface area (Å²) in [6.45, 7) is 1.38. The number of imide groups is 1. The molecule has 2 aliphatic rings. The molecule has 0 aromatic heterocycles. The standard InChI is InChI=1S/C20H20N2O2/c1-21-19(23)16-13-22(12-14-8-4-2-5-9-14)18(17(16)20(21)24)15-10-6-3-7-11-15/h2-11,16-18H,12-13H2,1H3/t16-,17+,18-/m1/s1. The van der Waals surface area contributed by atoms with E-state index in [0.29, 0.717) is 6.54 Å². The second-order valence-electron chi connectivity index (χ2n) is 6.64. The van der Waals surface area contributed by atoms with E-state index in [-0.39, 0.29) is 29.7 Å². The lowest BCUT2D eigenvalue weighted by molar-refractivity contribution is -0.139. The Kier molecular flexibility index (Phi) is 3.69. The largest absolute Gasteiger partial charge is 0.290 e. The number of rotatable bonds is 3. The Morgan fingerprint density at radius 3 is 2.21 bits per heavy atom. The van der Waals surface area contributed by atoms with Crippen LogP contribution in [0.5, 0.6) is 0 Å². The Hall–Kier alpha value is -2.46. The lowest BCUT2D eigenvalue weighted by atomic mass is 9.89. The molecule has 2 heterocycles. The first-order chi connectivity index (χ1) is 11.7. The molecule has 2 aromatic carbocycles. The summed E-state index contributed by atoms with van der Waals surface area (Å²) in [6.07, 6.45) is 0. The molecule has 2 fully saturated rings. The molecule has 2 saturated heterocycles. The van der Waals surface area contributed by atoms with Crippen molar-refractivity contribution in [2.75, 3.05) is 13.6 Å². The van der Waals surface area contributed by atoms with E-state index in [1.807, 2.05) is 36.4 Å². The van der Waals surface area contributed by atoms with Gasteiger partial charge in [0.15, 0.2) is 0 Å². The molecule has 24 heavy (non-hydrogen) atoms. The third kappa shape index (κ3) is 2.34. The first-order valence-electron chi connectivity index (χ1n) is 8.31. The van der Waals surface area contributed by atoms with Crippen LogP contribution < -0.4 is 0 Å². The summed E-state index contributed by atoms with van der Waals surface area (Å²) in [5.41, 5.74) is 2.31. The van der Waals surface area contributed by atoms with Crippen LogP contribution in [0.2, 0.25) is 0 Å². The number of likely N-dealkylation sites (tertiary alicyclic amines) is 2. The van der Waals surface area contributed by atoms with Crippen LogP contribution in [0, 0.1) is 11.8 Å². The highest BCUT2D eigenvalue weighted by Crippen LogP contribution is 2.46. The van der Waals surface area contributed by atoms with Crippen molar-refractivity contribution in [3.8, 4) is 0 Å². The zero-order chi connectivity index (χ0) is 16.7. The zero-order valence-corrected chi connectivity index (χ0v) is 13.6. The highest BCUT2D eigenvalue weighted by molar-refractivity contribution is 6.05.